The van der Waals surface area contributed by atoms with Gasteiger partial charge in [0.15, 0.2) is 0 Å². The van der Waals surface area contributed by atoms with Gasteiger partial charge < -0.3 is 5.32 Å². The number of nitrogens with zero attached hydrogens (tertiary/aromatic N) is 4. The van der Waals surface area contributed by atoms with Gasteiger partial charge in [-0.25, -0.2) is 23.1 Å². The summed E-state index contributed by atoms with van der Waals surface area (Å²) in [7, 11) is -3.64. The smallest absolute Gasteiger partial charge is 0.280 e. The molecule has 0 atom stereocenters. The molecular formula is C20H21N5O4S. The number of carbonyl (C=O) groups is 1. The van der Waals surface area contributed by atoms with E-state index in [1.165, 1.54) is 16.9 Å². The van der Waals surface area contributed by atoms with Crippen molar-refractivity contribution < 1.29 is 13.2 Å². The Morgan fingerprint density at radius 3 is 2.63 bits per heavy atom. The summed E-state index contributed by atoms with van der Waals surface area (Å²) in [6, 6.07) is 9.16. The quantitative estimate of drug-likeness (QED) is 0.611. The molecule has 2 aromatic heterocycles. The van der Waals surface area contributed by atoms with E-state index in [0.29, 0.717) is 18.8 Å². The van der Waals surface area contributed by atoms with Crippen molar-refractivity contribution in [1.82, 2.24) is 24.6 Å². The van der Waals surface area contributed by atoms with E-state index in [0.717, 1.165) is 23.8 Å². The van der Waals surface area contributed by atoms with Crippen LogP contribution in [-0.4, -0.2) is 39.9 Å². The minimum atomic E-state index is -3.64. The third-order valence-electron chi connectivity index (χ3n) is 5.11. The molecule has 0 saturated carbocycles. The summed E-state index contributed by atoms with van der Waals surface area (Å²) >= 11 is 0. The van der Waals surface area contributed by atoms with Crippen molar-refractivity contribution >= 4 is 15.7 Å². The lowest BCUT2D eigenvalue weighted by Gasteiger charge is -2.10. The fraction of sp³-hybridized carbons (Fsp3) is 0.300. The average molecular weight is 427 g/mol. The number of fused-ring (bicyclic) bond motifs is 1. The molecule has 30 heavy (non-hydrogen) atoms. The largest absolute Gasteiger partial charge is 0.348 e. The van der Waals surface area contributed by atoms with Crippen molar-refractivity contribution in [2.75, 3.05) is 6.26 Å². The molecule has 1 aromatic carbocycles. The summed E-state index contributed by atoms with van der Waals surface area (Å²) in [5, 5.41) is 2.46. The van der Waals surface area contributed by atoms with Crippen molar-refractivity contribution in [2.45, 2.75) is 38.1 Å². The number of carbonyl (C=O) groups excluding carboxylic acids is 1. The molecule has 156 valence electrons. The van der Waals surface area contributed by atoms with Gasteiger partial charge in [-0.05, 0) is 30.5 Å². The molecule has 1 aliphatic heterocycles. The molecule has 1 N–H and O–H groups in total. The van der Waals surface area contributed by atoms with Gasteiger partial charge >= 0.3 is 0 Å². The van der Waals surface area contributed by atoms with Crippen LogP contribution in [0.15, 0.2) is 46.5 Å². The van der Waals surface area contributed by atoms with Crippen LogP contribution in [-0.2, 0) is 29.5 Å². The zero-order valence-corrected chi connectivity index (χ0v) is 17.4. The van der Waals surface area contributed by atoms with E-state index in [1.54, 1.807) is 4.68 Å². The second-order valence-corrected chi connectivity index (χ2v) is 9.14. The molecule has 3 heterocycles. The Bertz CT molecular complexity index is 1310. The van der Waals surface area contributed by atoms with E-state index >= 15 is 0 Å². The maximum absolute atomic E-state index is 13.0. The van der Waals surface area contributed by atoms with Gasteiger partial charge in [-0.3, -0.25) is 14.3 Å². The highest BCUT2D eigenvalue weighted by molar-refractivity contribution is 7.90. The van der Waals surface area contributed by atoms with Crippen LogP contribution in [0.3, 0.4) is 0 Å². The number of nitrogens with one attached hydrogen (secondary N) is 1. The van der Waals surface area contributed by atoms with Gasteiger partial charge in [0.1, 0.15) is 11.3 Å². The van der Waals surface area contributed by atoms with Crippen LogP contribution in [0.5, 0.6) is 0 Å². The number of aryl methyl sites for hydroxylation is 1. The third-order valence-corrected chi connectivity index (χ3v) is 5.97. The highest BCUT2D eigenvalue weighted by Crippen LogP contribution is 2.24. The predicted octanol–water partition coefficient (Wildman–Crippen LogP) is 1.15. The molecule has 0 spiro atoms. The Labute approximate surface area is 173 Å². The molecule has 0 bridgehead atoms. The summed E-state index contributed by atoms with van der Waals surface area (Å²) in [5.41, 5.74) is 2.06. The molecule has 0 saturated heterocycles. The van der Waals surface area contributed by atoms with Gasteiger partial charge in [-0.1, -0.05) is 24.3 Å². The van der Waals surface area contributed by atoms with E-state index < -0.39 is 21.3 Å². The summed E-state index contributed by atoms with van der Waals surface area (Å²) in [6.07, 6.45) is 3.08. The monoisotopic (exact) mass is 427 g/mol. The maximum Gasteiger partial charge on any atom is 0.280 e. The molecule has 10 heteroatoms. The van der Waals surface area contributed by atoms with E-state index in [4.69, 9.17) is 0 Å². The van der Waals surface area contributed by atoms with Gasteiger partial charge in [0.2, 0.25) is 15.0 Å². The molecule has 4 rings (SSSR count). The number of benzene rings is 1. The Morgan fingerprint density at radius 1 is 1.17 bits per heavy atom. The predicted molar refractivity (Wildman–Crippen MR) is 110 cm³/mol. The van der Waals surface area contributed by atoms with Crippen LogP contribution in [0.2, 0.25) is 0 Å². The van der Waals surface area contributed by atoms with Gasteiger partial charge in [0.25, 0.3) is 11.5 Å². The lowest BCUT2D eigenvalue weighted by atomic mass is 10.1. The van der Waals surface area contributed by atoms with Crippen LogP contribution >= 0.6 is 0 Å². The Morgan fingerprint density at radius 2 is 1.90 bits per heavy atom. The first kappa shape index (κ1) is 20.0. The molecule has 9 nitrogen and oxygen atoms in total. The molecule has 0 fully saturated rings. The molecule has 1 amide bonds. The van der Waals surface area contributed by atoms with E-state index in [-0.39, 0.29) is 23.0 Å². The molecule has 0 unspecified atom stereocenters. The van der Waals surface area contributed by atoms with Crippen molar-refractivity contribution in [1.29, 1.82) is 0 Å². The number of hydrogen-bond acceptors (Lipinski definition) is 6. The number of hydrogen-bond donors (Lipinski definition) is 1. The summed E-state index contributed by atoms with van der Waals surface area (Å²) in [5.74, 6) is -0.521. The zero-order valence-electron chi connectivity index (χ0n) is 16.6. The zero-order chi connectivity index (χ0) is 21.5. The SMILES string of the molecule is Cc1ccccc1CNC(=O)c1c(-c2ccnc(S(C)(=O)=O)n2)n2n(c1=O)CCC2. The van der Waals surface area contributed by atoms with Crippen LogP contribution in [0, 0.1) is 6.92 Å². The maximum atomic E-state index is 13.0. The average Bonchev–Trinajstić information content (AvgIpc) is 3.29. The van der Waals surface area contributed by atoms with Crippen molar-refractivity contribution in [3.63, 3.8) is 0 Å². The minimum absolute atomic E-state index is 0.0403. The number of rotatable bonds is 5. The summed E-state index contributed by atoms with van der Waals surface area (Å²) in [4.78, 5) is 33.9. The van der Waals surface area contributed by atoms with Gasteiger partial charge in [-0.15, -0.1) is 0 Å². The van der Waals surface area contributed by atoms with E-state index in [9.17, 15) is 18.0 Å². The van der Waals surface area contributed by atoms with Gasteiger partial charge in [-0.2, -0.15) is 0 Å². The van der Waals surface area contributed by atoms with Crippen molar-refractivity contribution in [2.24, 2.45) is 0 Å². The van der Waals surface area contributed by atoms with Gasteiger partial charge in [0, 0.05) is 32.1 Å². The summed E-state index contributed by atoms with van der Waals surface area (Å²) < 4.78 is 27.0. The highest BCUT2D eigenvalue weighted by Gasteiger charge is 2.30. The van der Waals surface area contributed by atoms with Crippen LogP contribution in [0.1, 0.15) is 27.9 Å². The van der Waals surface area contributed by atoms with E-state index in [1.807, 2.05) is 31.2 Å². The first-order valence-corrected chi connectivity index (χ1v) is 11.4. The molecule has 0 radical (unpaired) electrons. The number of amides is 1. The third kappa shape index (κ3) is 3.54. The van der Waals surface area contributed by atoms with Crippen molar-refractivity contribution in [3.8, 4) is 11.4 Å². The Balaban J connectivity index is 1.77. The van der Waals surface area contributed by atoms with Gasteiger partial charge in [0.05, 0.1) is 5.69 Å². The lowest BCUT2D eigenvalue weighted by molar-refractivity contribution is 0.0950. The number of aromatic nitrogens is 4. The van der Waals surface area contributed by atoms with Crippen molar-refractivity contribution in [3.05, 3.63) is 63.6 Å². The van der Waals surface area contributed by atoms with Crippen LogP contribution in [0.4, 0.5) is 0 Å². The Hall–Kier alpha value is -3.27. The highest BCUT2D eigenvalue weighted by atomic mass is 32.2. The summed E-state index contributed by atoms with van der Waals surface area (Å²) in [6.45, 7) is 3.24. The minimum Gasteiger partial charge on any atom is -0.348 e. The second kappa shape index (κ2) is 7.52. The fourth-order valence-electron chi connectivity index (χ4n) is 3.60. The normalized spacial score (nSPS) is 13.3. The number of sulfone groups is 1. The Kier molecular flexibility index (Phi) is 5.02. The first-order valence-electron chi connectivity index (χ1n) is 9.47. The molecule has 0 aliphatic carbocycles. The lowest BCUT2D eigenvalue weighted by Crippen LogP contribution is -2.30. The van der Waals surface area contributed by atoms with Crippen LogP contribution in [0.25, 0.3) is 11.4 Å². The standard InChI is InChI=1S/C20H21N5O4S/c1-13-6-3-4-7-14(13)12-22-18(26)16-17(24-10-5-11-25(24)19(16)27)15-8-9-21-20(23-15)30(2,28)29/h3-4,6-9H,5,10-12H2,1-2H3,(H,22,26). The topological polar surface area (TPSA) is 116 Å². The molecule has 1 aliphatic rings. The second-order valence-electron chi connectivity index (χ2n) is 7.23. The molecular weight excluding hydrogens is 406 g/mol. The van der Waals surface area contributed by atoms with E-state index in [2.05, 4.69) is 15.3 Å². The first-order chi connectivity index (χ1) is 14.3. The fourth-order valence-corrected chi connectivity index (χ4v) is 4.12. The van der Waals surface area contributed by atoms with Crippen LogP contribution < -0.4 is 10.9 Å². The molecule has 3 aromatic rings.